The van der Waals surface area contributed by atoms with Gasteiger partial charge in [-0.3, -0.25) is 9.59 Å². The number of carbonyl (C=O) groups is 3. The number of quaternary nitrogens is 1. The molecular weight excluding hydrogens is 1010 g/mol. The number of ether oxygens (including phenoxy) is 4. The highest BCUT2D eigenvalue weighted by Crippen LogP contribution is 2.16. The summed E-state index contributed by atoms with van der Waals surface area (Å²) in [5, 5.41) is 9.72. The van der Waals surface area contributed by atoms with E-state index in [4.69, 9.17) is 18.9 Å². The monoisotopic (exact) mass is 1130 g/mol. The summed E-state index contributed by atoms with van der Waals surface area (Å²) in [6, 6.07) is 0. The fourth-order valence-corrected chi connectivity index (χ4v) is 8.46. The summed E-state index contributed by atoms with van der Waals surface area (Å²) >= 11 is 0. The molecule has 460 valence electrons. The number of hydrogen-bond donors (Lipinski definition) is 1. The zero-order valence-corrected chi connectivity index (χ0v) is 52.4. The Morgan fingerprint density at radius 1 is 0.383 bits per heavy atom. The Kier molecular flexibility index (Phi) is 58.0. The van der Waals surface area contributed by atoms with Gasteiger partial charge in [0.15, 0.2) is 6.10 Å². The SMILES string of the molecule is CC/C=C\C/C=C\C/C=C\C/C=C\C/C=C\C/C=C\C/C=C\C/C=C\C/C=C\CCCC(=O)OC(COC(=O)CCCCCCCCCCCCCCCCC/C=C\C/C=C\CCCCCCC)COC(OCC[N+](C)(C)C)C(=O)O. The standard InChI is InChI=1S/C72H119NO8/c1-6-8-10-12-14-16-18-20-22-24-26-28-30-32-34-35-37-39-41-43-45-47-49-51-53-55-57-59-61-63-70(75)81-68(67-80-72(71(76)77)78-65-64-73(3,4)5)66-79-69(74)62-60-58-56-54-52-50-48-46-44-42-40-38-36-33-31-29-27-25-23-21-19-17-15-13-11-9-7-2/h8,10,14,16,19-22,25-28,32,34,37,39,43,45,49,51,55,57,68,72H,6-7,9,11-13,15,17-18,23-24,29-31,33,35-36,38,40-42,44,46-48,50,52-54,56,58-67H2,1-5H3/p+1/b10-8-,16-14-,21-19-,22-20-,27-25-,28-26-,34-32-,39-37-,45-43-,51-49-,57-55-. The Hall–Kier alpha value is -4.57. The molecule has 0 aromatic heterocycles. The van der Waals surface area contributed by atoms with Crippen molar-refractivity contribution in [1.29, 1.82) is 0 Å². The highest BCUT2D eigenvalue weighted by atomic mass is 16.7. The zero-order valence-electron chi connectivity index (χ0n) is 52.4. The second-order valence-electron chi connectivity index (χ2n) is 22.3. The van der Waals surface area contributed by atoms with Crippen molar-refractivity contribution >= 4 is 17.9 Å². The summed E-state index contributed by atoms with van der Waals surface area (Å²) < 4.78 is 22.9. The van der Waals surface area contributed by atoms with E-state index in [-0.39, 0.29) is 38.6 Å². The van der Waals surface area contributed by atoms with E-state index >= 15 is 0 Å². The number of carboxylic acid groups (broad SMARTS) is 1. The zero-order chi connectivity index (χ0) is 59.1. The summed E-state index contributed by atoms with van der Waals surface area (Å²) in [5.74, 6) is -2.10. The summed E-state index contributed by atoms with van der Waals surface area (Å²) in [4.78, 5) is 37.5. The number of likely N-dealkylation sites (N-methyl/N-ethyl adjacent to an activating group) is 1. The van der Waals surface area contributed by atoms with Gasteiger partial charge in [0.1, 0.15) is 13.2 Å². The minimum Gasteiger partial charge on any atom is -0.477 e. The lowest BCUT2D eigenvalue weighted by Gasteiger charge is -2.25. The molecule has 0 amide bonds. The lowest BCUT2D eigenvalue weighted by atomic mass is 10.0. The highest BCUT2D eigenvalue weighted by Gasteiger charge is 2.25. The maximum Gasteiger partial charge on any atom is 0.361 e. The number of allylic oxidation sites excluding steroid dienone is 22. The van der Waals surface area contributed by atoms with Crippen LogP contribution in [0.2, 0.25) is 0 Å². The van der Waals surface area contributed by atoms with Crippen molar-refractivity contribution < 1.29 is 42.9 Å². The molecule has 0 saturated carbocycles. The summed E-state index contributed by atoms with van der Waals surface area (Å²) in [7, 11) is 5.95. The topological polar surface area (TPSA) is 108 Å². The molecule has 0 aromatic rings. The van der Waals surface area contributed by atoms with Crippen LogP contribution < -0.4 is 0 Å². The van der Waals surface area contributed by atoms with E-state index in [1.807, 2.05) is 21.1 Å². The molecule has 0 heterocycles. The highest BCUT2D eigenvalue weighted by molar-refractivity contribution is 5.71. The van der Waals surface area contributed by atoms with Crippen LogP contribution in [0.25, 0.3) is 0 Å². The van der Waals surface area contributed by atoms with E-state index in [1.165, 1.54) is 122 Å². The van der Waals surface area contributed by atoms with Gasteiger partial charge in [0.05, 0.1) is 34.4 Å². The van der Waals surface area contributed by atoms with Gasteiger partial charge in [0.25, 0.3) is 6.29 Å². The van der Waals surface area contributed by atoms with E-state index in [0.717, 1.165) is 83.5 Å². The second-order valence-corrected chi connectivity index (χ2v) is 22.3. The van der Waals surface area contributed by atoms with Crippen LogP contribution in [0.15, 0.2) is 134 Å². The third-order valence-electron chi connectivity index (χ3n) is 13.4. The molecule has 0 aliphatic carbocycles. The van der Waals surface area contributed by atoms with E-state index in [2.05, 4.69) is 148 Å². The Labute approximate surface area is 497 Å². The van der Waals surface area contributed by atoms with Crippen molar-refractivity contribution in [3.63, 3.8) is 0 Å². The van der Waals surface area contributed by atoms with E-state index in [9.17, 15) is 19.5 Å². The number of carboxylic acids is 1. The minimum atomic E-state index is -1.53. The number of carbonyl (C=O) groups excluding carboxylic acids is 2. The summed E-state index contributed by atoms with van der Waals surface area (Å²) in [6.07, 6.45) is 85.5. The molecule has 0 bridgehead atoms. The molecule has 9 nitrogen and oxygen atoms in total. The van der Waals surface area contributed by atoms with Crippen molar-refractivity contribution in [3.05, 3.63) is 134 Å². The van der Waals surface area contributed by atoms with Crippen molar-refractivity contribution in [1.82, 2.24) is 0 Å². The van der Waals surface area contributed by atoms with E-state index < -0.39 is 24.3 Å². The lowest BCUT2D eigenvalue weighted by Crippen LogP contribution is -2.40. The Balaban J connectivity index is 4.31. The third kappa shape index (κ3) is 62.9. The number of rotatable bonds is 58. The second kappa shape index (κ2) is 61.5. The van der Waals surface area contributed by atoms with E-state index in [1.54, 1.807) is 0 Å². The molecule has 81 heavy (non-hydrogen) atoms. The molecular formula is C72H120NO8+. The summed E-state index contributed by atoms with van der Waals surface area (Å²) in [5.41, 5.74) is 0. The first-order valence-electron chi connectivity index (χ1n) is 32.3. The van der Waals surface area contributed by atoms with Crippen LogP contribution in [-0.4, -0.2) is 87.4 Å². The van der Waals surface area contributed by atoms with E-state index in [0.29, 0.717) is 23.9 Å². The van der Waals surface area contributed by atoms with Gasteiger partial charge in [-0.15, -0.1) is 0 Å². The van der Waals surface area contributed by atoms with Crippen LogP contribution in [0.1, 0.15) is 245 Å². The molecule has 0 fully saturated rings. The van der Waals surface area contributed by atoms with Crippen molar-refractivity contribution in [3.8, 4) is 0 Å². The minimum absolute atomic E-state index is 0.170. The van der Waals surface area contributed by atoms with Gasteiger partial charge in [0, 0.05) is 12.8 Å². The molecule has 0 aliphatic rings. The quantitative estimate of drug-likeness (QED) is 0.0211. The molecule has 0 aromatic carbocycles. The summed E-state index contributed by atoms with van der Waals surface area (Å²) in [6.45, 7) is 4.68. The number of unbranched alkanes of at least 4 members (excludes halogenated alkanes) is 21. The lowest BCUT2D eigenvalue weighted by molar-refractivity contribution is -0.870. The fraction of sp³-hybridized carbons (Fsp3) is 0.653. The molecule has 2 atom stereocenters. The maximum atomic E-state index is 12.9. The maximum absolute atomic E-state index is 12.9. The van der Waals surface area contributed by atoms with Gasteiger partial charge < -0.3 is 28.5 Å². The van der Waals surface area contributed by atoms with Crippen LogP contribution in [0, 0.1) is 0 Å². The molecule has 0 rings (SSSR count). The largest absolute Gasteiger partial charge is 0.477 e. The first kappa shape index (κ1) is 76.4. The van der Waals surface area contributed by atoms with Gasteiger partial charge in [-0.2, -0.15) is 0 Å². The van der Waals surface area contributed by atoms with Gasteiger partial charge in [-0.1, -0.05) is 257 Å². The van der Waals surface area contributed by atoms with Crippen LogP contribution in [0.3, 0.4) is 0 Å². The fourth-order valence-electron chi connectivity index (χ4n) is 8.46. The van der Waals surface area contributed by atoms with Crippen LogP contribution in [0.5, 0.6) is 0 Å². The molecule has 9 heteroatoms. The Morgan fingerprint density at radius 3 is 1.09 bits per heavy atom. The predicted molar refractivity (Wildman–Crippen MR) is 345 cm³/mol. The van der Waals surface area contributed by atoms with Crippen LogP contribution >= 0.6 is 0 Å². The van der Waals surface area contributed by atoms with Crippen molar-refractivity contribution in [2.75, 3.05) is 47.5 Å². The molecule has 0 aliphatic heterocycles. The van der Waals surface area contributed by atoms with Crippen molar-refractivity contribution in [2.45, 2.75) is 257 Å². The first-order valence-corrected chi connectivity index (χ1v) is 32.3. The average molecular weight is 1130 g/mol. The van der Waals surface area contributed by atoms with Gasteiger partial charge in [-0.05, 0) is 109 Å². The molecule has 0 radical (unpaired) electrons. The number of nitrogens with zero attached hydrogens (tertiary/aromatic N) is 1. The van der Waals surface area contributed by atoms with Gasteiger partial charge in [0.2, 0.25) is 0 Å². The molecule has 0 spiro atoms. The van der Waals surface area contributed by atoms with Gasteiger partial charge >= 0.3 is 17.9 Å². The van der Waals surface area contributed by atoms with Crippen molar-refractivity contribution in [2.24, 2.45) is 0 Å². The van der Waals surface area contributed by atoms with Gasteiger partial charge in [-0.25, -0.2) is 4.79 Å². The Bertz CT molecular complexity index is 1790. The predicted octanol–water partition coefficient (Wildman–Crippen LogP) is 19.8. The van der Waals surface area contributed by atoms with Crippen LogP contribution in [0.4, 0.5) is 0 Å². The molecule has 1 N–H and O–H groups in total. The van der Waals surface area contributed by atoms with Crippen LogP contribution in [-0.2, 0) is 33.3 Å². The number of aliphatic carboxylic acids is 1. The number of esters is 2. The third-order valence-corrected chi connectivity index (χ3v) is 13.4. The average Bonchev–Trinajstić information content (AvgIpc) is 3.44. The molecule has 2 unspecified atom stereocenters. The normalized spacial score (nSPS) is 13.6. The molecule has 0 saturated heterocycles. The number of hydrogen-bond acceptors (Lipinski definition) is 7. The smallest absolute Gasteiger partial charge is 0.361 e. The Morgan fingerprint density at radius 2 is 0.716 bits per heavy atom. The first-order chi connectivity index (χ1) is 39.6.